The molecule has 0 aromatic heterocycles. The van der Waals surface area contributed by atoms with Crippen LogP contribution in [0.5, 0.6) is 0 Å². The highest BCUT2D eigenvalue weighted by atomic mass is 32.2. The number of fused-ring (bicyclic) bond motifs is 3. The summed E-state index contributed by atoms with van der Waals surface area (Å²) in [6, 6.07) is 34.4. The molecule has 252 valence electrons. The maximum atomic E-state index is 13.2. The van der Waals surface area contributed by atoms with Gasteiger partial charge in [0.1, 0.15) is 25.7 Å². The molecule has 3 N–H and O–H groups in total. The van der Waals surface area contributed by atoms with Gasteiger partial charge in [-0.1, -0.05) is 121 Å². The number of ether oxygens (including phenoxy) is 2. The van der Waals surface area contributed by atoms with Crippen LogP contribution in [-0.2, 0) is 28.7 Å². The molecule has 0 unspecified atom stereocenters. The number of nitrogens with one attached hydrogen (secondary N) is 3. The van der Waals surface area contributed by atoms with Crippen LogP contribution in [0.1, 0.15) is 23.5 Å². The molecular formula is C37H36N3O7PS. The summed E-state index contributed by atoms with van der Waals surface area (Å²) < 4.78 is 10.1. The van der Waals surface area contributed by atoms with Gasteiger partial charge in [-0.25, -0.2) is 4.79 Å². The molecule has 0 aliphatic heterocycles. The number of alkyl carbamates (subject to hydrolysis) is 1. The van der Waals surface area contributed by atoms with Gasteiger partial charge in [0.25, 0.3) is 0 Å². The third-order valence-electron chi connectivity index (χ3n) is 7.88. The van der Waals surface area contributed by atoms with Crippen molar-refractivity contribution >= 4 is 59.3 Å². The number of amides is 3. The average molecular weight is 698 g/mol. The molecule has 1 atom stereocenters. The average Bonchev–Trinajstić information content (AvgIpc) is 3.46. The molecule has 49 heavy (non-hydrogen) atoms. The van der Waals surface area contributed by atoms with E-state index in [1.54, 1.807) is 0 Å². The van der Waals surface area contributed by atoms with Crippen molar-refractivity contribution in [1.82, 2.24) is 16.0 Å². The molecule has 3 amide bonds. The van der Waals surface area contributed by atoms with E-state index in [0.29, 0.717) is 5.49 Å². The Morgan fingerprint density at radius 3 is 1.86 bits per heavy atom. The Morgan fingerprint density at radius 2 is 1.29 bits per heavy atom. The van der Waals surface area contributed by atoms with Crippen LogP contribution in [0.3, 0.4) is 0 Å². The van der Waals surface area contributed by atoms with Crippen molar-refractivity contribution in [2.75, 3.05) is 32.3 Å². The van der Waals surface area contributed by atoms with E-state index in [4.69, 9.17) is 4.74 Å². The third-order valence-corrected chi connectivity index (χ3v) is 11.8. The molecule has 0 saturated heterocycles. The fraction of sp³-hybridized carbons (Fsp3) is 0.216. The van der Waals surface area contributed by atoms with Crippen LogP contribution in [0.25, 0.3) is 11.1 Å². The maximum absolute atomic E-state index is 13.2. The van der Waals surface area contributed by atoms with Crippen LogP contribution in [-0.4, -0.2) is 67.3 Å². The van der Waals surface area contributed by atoms with Gasteiger partial charge < -0.3 is 25.4 Å². The minimum absolute atomic E-state index is 0.0697. The van der Waals surface area contributed by atoms with Gasteiger partial charge in [0.2, 0.25) is 11.8 Å². The maximum Gasteiger partial charge on any atom is 0.407 e. The number of methoxy groups -OCH3 is 1. The van der Waals surface area contributed by atoms with E-state index in [2.05, 4.69) is 20.7 Å². The molecule has 12 heteroatoms. The van der Waals surface area contributed by atoms with E-state index in [9.17, 15) is 24.0 Å². The summed E-state index contributed by atoms with van der Waals surface area (Å²) in [6.45, 7) is -0.860. The second-order valence-electron chi connectivity index (χ2n) is 11.0. The lowest BCUT2D eigenvalue weighted by molar-refractivity contribution is -0.141. The molecule has 0 fully saturated rings. The Kier molecular flexibility index (Phi) is 12.6. The van der Waals surface area contributed by atoms with Crippen LogP contribution in [0.4, 0.5) is 4.79 Å². The first-order valence-electron chi connectivity index (χ1n) is 15.6. The van der Waals surface area contributed by atoms with Crippen molar-refractivity contribution in [3.05, 3.63) is 120 Å². The van der Waals surface area contributed by atoms with E-state index in [1.807, 2.05) is 109 Å². The second-order valence-corrected chi connectivity index (χ2v) is 14.7. The molecule has 0 spiro atoms. The van der Waals surface area contributed by atoms with Crippen molar-refractivity contribution < 1.29 is 33.4 Å². The predicted molar refractivity (Wildman–Crippen MR) is 191 cm³/mol. The predicted octanol–water partition coefficient (Wildman–Crippen LogP) is 4.04. The van der Waals surface area contributed by atoms with E-state index in [0.717, 1.165) is 44.6 Å². The van der Waals surface area contributed by atoms with E-state index in [-0.39, 0.29) is 24.1 Å². The smallest absolute Gasteiger partial charge is 0.407 e. The molecule has 4 aromatic carbocycles. The first-order valence-corrected chi connectivity index (χ1v) is 18.1. The van der Waals surface area contributed by atoms with Crippen molar-refractivity contribution in [1.29, 1.82) is 0 Å². The molecule has 0 bridgehead atoms. The van der Waals surface area contributed by atoms with Crippen LogP contribution < -0.4 is 26.6 Å². The monoisotopic (exact) mass is 697 g/mol. The molecule has 10 nitrogen and oxygen atoms in total. The number of esters is 1. The van der Waals surface area contributed by atoms with Gasteiger partial charge in [0.05, 0.1) is 7.11 Å². The Morgan fingerprint density at radius 1 is 0.735 bits per heavy atom. The third kappa shape index (κ3) is 9.55. The lowest BCUT2D eigenvalue weighted by Gasteiger charge is -2.20. The topological polar surface area (TPSA) is 140 Å². The van der Waals surface area contributed by atoms with Crippen molar-refractivity contribution in [3.8, 4) is 11.1 Å². The first-order chi connectivity index (χ1) is 23.8. The minimum atomic E-state index is -1.29. The number of hydrogen-bond acceptors (Lipinski definition) is 8. The number of hydrogen-bond donors (Lipinski definition) is 3. The fourth-order valence-electron chi connectivity index (χ4n) is 5.49. The SMILES string of the molecule is COC(=O)CNC(=O)[C@H](CC(=O)SCP(c1ccccc1)c1ccccc1)NC(=O)CNC(=O)OCC1c2ccccc2-c2ccccc21. The van der Waals surface area contributed by atoms with E-state index < -0.39 is 50.9 Å². The molecular weight excluding hydrogens is 661 g/mol. The number of benzene rings is 4. The van der Waals surface area contributed by atoms with Crippen molar-refractivity contribution in [2.45, 2.75) is 18.4 Å². The summed E-state index contributed by atoms with van der Waals surface area (Å²) in [5.74, 6) is -2.28. The first kappa shape index (κ1) is 35.3. The van der Waals surface area contributed by atoms with Gasteiger partial charge in [-0.2, -0.15) is 0 Å². The Labute approximate surface area is 290 Å². The summed E-state index contributed by atoms with van der Waals surface area (Å²) in [7, 11) is 0.306. The Hall–Kier alpha value is -4.99. The van der Waals surface area contributed by atoms with Crippen LogP contribution in [0, 0.1) is 0 Å². The van der Waals surface area contributed by atoms with Crippen LogP contribution >= 0.6 is 19.7 Å². The second kappa shape index (κ2) is 17.4. The highest BCUT2D eigenvalue weighted by molar-refractivity contribution is 8.18. The summed E-state index contributed by atoms with van der Waals surface area (Å²) >= 11 is 1.08. The Balaban J connectivity index is 1.16. The molecule has 0 heterocycles. The van der Waals surface area contributed by atoms with Gasteiger partial charge in [-0.15, -0.1) is 0 Å². The zero-order valence-electron chi connectivity index (χ0n) is 26.8. The largest absolute Gasteiger partial charge is 0.468 e. The molecule has 0 saturated carbocycles. The molecule has 4 aromatic rings. The van der Waals surface area contributed by atoms with Gasteiger partial charge in [0, 0.05) is 17.8 Å². The van der Waals surface area contributed by atoms with Crippen LogP contribution in [0.2, 0.25) is 0 Å². The number of carbonyl (C=O) groups excluding carboxylic acids is 5. The van der Waals surface area contributed by atoms with Crippen molar-refractivity contribution in [2.24, 2.45) is 0 Å². The number of carbonyl (C=O) groups is 5. The molecule has 5 rings (SSSR count). The zero-order chi connectivity index (χ0) is 34.6. The van der Waals surface area contributed by atoms with Gasteiger partial charge >= 0.3 is 12.1 Å². The number of rotatable bonds is 14. The summed E-state index contributed by atoms with van der Waals surface area (Å²) in [4.78, 5) is 63.4. The van der Waals surface area contributed by atoms with Crippen LogP contribution in [0.15, 0.2) is 109 Å². The van der Waals surface area contributed by atoms with Gasteiger partial charge in [-0.3, -0.25) is 19.2 Å². The zero-order valence-corrected chi connectivity index (χ0v) is 28.5. The minimum Gasteiger partial charge on any atom is -0.468 e. The number of thioether (sulfide) groups is 1. The quantitative estimate of drug-likeness (QED) is 0.133. The highest BCUT2D eigenvalue weighted by Gasteiger charge is 2.30. The van der Waals surface area contributed by atoms with E-state index >= 15 is 0 Å². The lowest BCUT2D eigenvalue weighted by Crippen LogP contribution is -2.51. The summed E-state index contributed by atoms with van der Waals surface area (Å²) in [5.41, 5.74) is 4.76. The van der Waals surface area contributed by atoms with Crippen molar-refractivity contribution in [3.63, 3.8) is 0 Å². The molecule has 0 radical (unpaired) electrons. The fourth-order valence-corrected chi connectivity index (χ4v) is 9.42. The Bertz CT molecular complexity index is 1710. The molecule has 1 aliphatic carbocycles. The standard InChI is InChI=1S/C37H36N3O7PS/c1-46-34(42)22-38-36(44)32(20-35(43)49-24-48(25-12-4-2-5-13-25)26-14-6-3-7-15-26)40-33(41)21-39-37(45)47-23-31-29-18-10-8-16-27(29)28-17-9-11-19-30(28)31/h2-19,31-32H,20-24H2,1H3,(H,38,44)(H,39,45)(H,40,41)/t32-/m0/s1. The van der Waals surface area contributed by atoms with Gasteiger partial charge in [0.15, 0.2) is 5.12 Å². The van der Waals surface area contributed by atoms with E-state index in [1.165, 1.54) is 7.11 Å². The van der Waals surface area contributed by atoms with Gasteiger partial charge in [-0.05, 0) is 40.8 Å². The summed E-state index contributed by atoms with van der Waals surface area (Å²) in [6.07, 6.45) is -1.13. The highest BCUT2D eigenvalue weighted by Crippen LogP contribution is 2.44. The lowest BCUT2D eigenvalue weighted by atomic mass is 9.98. The summed E-state index contributed by atoms with van der Waals surface area (Å²) in [5, 5.41) is 9.22. The normalized spacial score (nSPS) is 12.3. The molecule has 1 aliphatic rings.